The van der Waals surface area contributed by atoms with Crippen molar-refractivity contribution < 1.29 is 14.7 Å². The Kier molecular flexibility index (Phi) is 4.44. The highest BCUT2D eigenvalue weighted by atomic mass is 16.4. The second-order valence-corrected chi connectivity index (χ2v) is 5.94. The number of likely N-dealkylation sites (tertiary alicyclic amines) is 1. The lowest BCUT2D eigenvalue weighted by atomic mass is 9.76. The van der Waals surface area contributed by atoms with Crippen LogP contribution in [0.25, 0.3) is 0 Å². The third-order valence-corrected chi connectivity index (χ3v) is 3.87. The highest BCUT2D eigenvalue weighted by Gasteiger charge is 2.44. The summed E-state index contributed by atoms with van der Waals surface area (Å²) in [5.41, 5.74) is -0.424. The third kappa shape index (κ3) is 3.50. The van der Waals surface area contributed by atoms with E-state index in [-0.39, 0.29) is 6.03 Å². The van der Waals surface area contributed by atoms with E-state index in [1.54, 1.807) is 0 Å². The first-order valence-corrected chi connectivity index (χ1v) is 7.03. The van der Waals surface area contributed by atoms with Gasteiger partial charge in [-0.15, -0.1) is 0 Å². The molecule has 0 radical (unpaired) electrons. The number of aliphatic carboxylic acids is 1. The Hall–Kier alpha value is -2.12. The number of carboxylic acids is 1. The summed E-state index contributed by atoms with van der Waals surface area (Å²) in [5.74, 6) is -0.269. The molecule has 21 heavy (non-hydrogen) atoms. The van der Waals surface area contributed by atoms with Crippen molar-refractivity contribution in [3.63, 3.8) is 0 Å². The summed E-state index contributed by atoms with van der Waals surface area (Å²) in [6.45, 7) is 4.63. The van der Waals surface area contributed by atoms with Crippen molar-refractivity contribution in [2.75, 3.05) is 13.1 Å². The average Bonchev–Trinajstić information content (AvgIpc) is 2.89. The molecule has 116 valence electrons. The number of piperidine rings is 1. The van der Waals surface area contributed by atoms with E-state index in [0.717, 1.165) is 12.8 Å². The zero-order valence-electron chi connectivity index (χ0n) is 12.3. The zero-order chi connectivity index (χ0) is 15.5. The predicted molar refractivity (Wildman–Crippen MR) is 74.6 cm³/mol. The number of hydrogen-bond donors (Lipinski definition) is 3. The standard InChI is InChI=1S/C13H21N5O3/c1-13(2)5-3-7-18(10(13)11(19)20)12(21)14-6-4-9-15-8-16-17-9/h8,10H,3-7H2,1-2H3,(H,14,21)(H,19,20)(H,15,16,17). The van der Waals surface area contributed by atoms with Gasteiger partial charge in [0.1, 0.15) is 18.2 Å². The molecule has 0 aromatic carbocycles. The molecule has 1 saturated heterocycles. The number of amides is 2. The number of carboxylic acid groups (broad SMARTS) is 1. The number of carbonyl (C=O) groups excluding carboxylic acids is 1. The number of aromatic nitrogens is 3. The lowest BCUT2D eigenvalue weighted by Crippen LogP contribution is -2.58. The first-order chi connectivity index (χ1) is 9.92. The van der Waals surface area contributed by atoms with E-state index in [1.165, 1.54) is 11.2 Å². The largest absolute Gasteiger partial charge is 0.480 e. The number of hydrogen-bond acceptors (Lipinski definition) is 4. The SMILES string of the molecule is CC1(C)CCCN(C(=O)NCCc2ncn[nH]2)C1C(=O)O. The summed E-state index contributed by atoms with van der Waals surface area (Å²) in [7, 11) is 0. The smallest absolute Gasteiger partial charge is 0.327 e. The molecule has 0 bridgehead atoms. The fourth-order valence-corrected chi connectivity index (χ4v) is 2.82. The normalized spacial score (nSPS) is 21.0. The number of nitrogens with one attached hydrogen (secondary N) is 2. The van der Waals surface area contributed by atoms with Crippen molar-refractivity contribution in [1.29, 1.82) is 0 Å². The maximum absolute atomic E-state index is 12.2. The van der Waals surface area contributed by atoms with Gasteiger partial charge in [-0.25, -0.2) is 14.6 Å². The second-order valence-electron chi connectivity index (χ2n) is 5.94. The topological polar surface area (TPSA) is 111 Å². The van der Waals surface area contributed by atoms with E-state index >= 15 is 0 Å². The Morgan fingerprint density at radius 2 is 2.33 bits per heavy atom. The van der Waals surface area contributed by atoms with Crippen molar-refractivity contribution in [3.8, 4) is 0 Å². The van der Waals surface area contributed by atoms with E-state index in [2.05, 4.69) is 20.5 Å². The zero-order valence-corrected chi connectivity index (χ0v) is 12.3. The van der Waals surface area contributed by atoms with Gasteiger partial charge in [0, 0.05) is 19.5 Å². The molecule has 3 N–H and O–H groups in total. The van der Waals surface area contributed by atoms with Crippen LogP contribution >= 0.6 is 0 Å². The Morgan fingerprint density at radius 1 is 1.57 bits per heavy atom. The Morgan fingerprint density at radius 3 is 2.95 bits per heavy atom. The molecule has 2 amide bonds. The van der Waals surface area contributed by atoms with Gasteiger partial charge >= 0.3 is 12.0 Å². The second kappa shape index (κ2) is 6.11. The van der Waals surface area contributed by atoms with Crippen LogP contribution in [0.1, 0.15) is 32.5 Å². The van der Waals surface area contributed by atoms with Crippen LogP contribution in [0.2, 0.25) is 0 Å². The van der Waals surface area contributed by atoms with E-state index in [9.17, 15) is 14.7 Å². The van der Waals surface area contributed by atoms with Crippen LogP contribution in [-0.4, -0.2) is 56.3 Å². The van der Waals surface area contributed by atoms with Gasteiger partial charge in [-0.1, -0.05) is 13.8 Å². The van der Waals surface area contributed by atoms with E-state index in [0.29, 0.717) is 25.3 Å². The fraction of sp³-hybridized carbons (Fsp3) is 0.692. The minimum atomic E-state index is -0.954. The summed E-state index contributed by atoms with van der Waals surface area (Å²) < 4.78 is 0. The Labute approximate surface area is 122 Å². The van der Waals surface area contributed by atoms with Crippen LogP contribution in [-0.2, 0) is 11.2 Å². The first-order valence-electron chi connectivity index (χ1n) is 7.03. The summed E-state index contributed by atoms with van der Waals surface area (Å²) in [6.07, 6.45) is 3.55. The molecule has 1 aliphatic rings. The van der Waals surface area contributed by atoms with Crippen LogP contribution in [0.15, 0.2) is 6.33 Å². The summed E-state index contributed by atoms with van der Waals surface area (Å²) in [6, 6.07) is -1.13. The number of H-pyrrole nitrogens is 1. The van der Waals surface area contributed by atoms with Crippen molar-refractivity contribution in [2.24, 2.45) is 5.41 Å². The van der Waals surface area contributed by atoms with Gasteiger partial charge in [-0.05, 0) is 18.3 Å². The molecule has 1 aromatic heterocycles. The van der Waals surface area contributed by atoms with Gasteiger partial charge in [0.2, 0.25) is 0 Å². The quantitative estimate of drug-likeness (QED) is 0.754. The highest BCUT2D eigenvalue weighted by Crippen LogP contribution is 2.35. The van der Waals surface area contributed by atoms with Crippen LogP contribution < -0.4 is 5.32 Å². The van der Waals surface area contributed by atoms with Crippen LogP contribution in [0, 0.1) is 5.41 Å². The molecule has 0 aliphatic carbocycles. The lowest BCUT2D eigenvalue weighted by molar-refractivity contribution is -0.148. The van der Waals surface area contributed by atoms with Crippen LogP contribution in [0.4, 0.5) is 4.79 Å². The van der Waals surface area contributed by atoms with Gasteiger partial charge in [-0.2, -0.15) is 5.10 Å². The van der Waals surface area contributed by atoms with Crippen molar-refractivity contribution in [3.05, 3.63) is 12.2 Å². The van der Waals surface area contributed by atoms with Gasteiger partial charge in [0.15, 0.2) is 0 Å². The molecular formula is C13H21N5O3. The maximum atomic E-state index is 12.2. The molecular weight excluding hydrogens is 274 g/mol. The van der Waals surface area contributed by atoms with Gasteiger partial charge in [0.05, 0.1) is 0 Å². The molecule has 8 heteroatoms. The van der Waals surface area contributed by atoms with Crippen molar-refractivity contribution >= 4 is 12.0 Å². The minimum Gasteiger partial charge on any atom is -0.480 e. The maximum Gasteiger partial charge on any atom is 0.327 e. The van der Waals surface area contributed by atoms with Crippen LogP contribution in [0.3, 0.4) is 0 Å². The molecule has 0 spiro atoms. The van der Waals surface area contributed by atoms with E-state index in [1.807, 2.05) is 13.8 Å². The lowest BCUT2D eigenvalue weighted by Gasteiger charge is -2.43. The predicted octanol–water partition coefficient (Wildman–Crippen LogP) is 0.632. The van der Waals surface area contributed by atoms with Gasteiger partial charge in [-0.3, -0.25) is 5.10 Å². The van der Waals surface area contributed by atoms with E-state index in [4.69, 9.17) is 0 Å². The fourth-order valence-electron chi connectivity index (χ4n) is 2.82. The number of rotatable bonds is 4. The number of aromatic amines is 1. The Bertz CT molecular complexity index is 500. The molecule has 2 heterocycles. The molecule has 0 saturated carbocycles. The molecule has 1 fully saturated rings. The monoisotopic (exact) mass is 295 g/mol. The summed E-state index contributed by atoms with van der Waals surface area (Å²) in [4.78, 5) is 29.1. The van der Waals surface area contributed by atoms with E-state index < -0.39 is 17.4 Å². The first kappa shape index (κ1) is 15.3. The van der Waals surface area contributed by atoms with Gasteiger partial charge in [0.25, 0.3) is 0 Å². The molecule has 2 rings (SSSR count). The van der Waals surface area contributed by atoms with Gasteiger partial charge < -0.3 is 15.3 Å². The average molecular weight is 295 g/mol. The number of urea groups is 1. The molecule has 1 aromatic rings. The minimum absolute atomic E-state index is 0.338. The molecule has 1 aliphatic heterocycles. The number of nitrogens with zero attached hydrogens (tertiary/aromatic N) is 3. The molecule has 1 unspecified atom stereocenters. The summed E-state index contributed by atoms with van der Waals surface area (Å²) >= 11 is 0. The number of carbonyl (C=O) groups is 2. The third-order valence-electron chi connectivity index (χ3n) is 3.87. The van der Waals surface area contributed by atoms with Crippen molar-refractivity contribution in [1.82, 2.24) is 25.4 Å². The Balaban J connectivity index is 1.94. The van der Waals surface area contributed by atoms with Crippen molar-refractivity contribution in [2.45, 2.75) is 39.2 Å². The molecule has 1 atom stereocenters. The van der Waals surface area contributed by atoms with Crippen LogP contribution in [0.5, 0.6) is 0 Å². The molecule has 8 nitrogen and oxygen atoms in total. The highest BCUT2D eigenvalue weighted by molar-refractivity contribution is 5.83. The summed E-state index contributed by atoms with van der Waals surface area (Å²) in [5, 5.41) is 18.6.